The number of ketones is 1. The van der Waals surface area contributed by atoms with Gasteiger partial charge in [-0.3, -0.25) is 19.7 Å². The minimum atomic E-state index is -4.86. The number of nitro benzene ring substituents is 1. The third kappa shape index (κ3) is 7.32. The number of Topliss-reactive ketones (excluding diaryl/α,β-unsaturated/α-hetero) is 1. The first-order valence-electron chi connectivity index (χ1n) is 15.7. The van der Waals surface area contributed by atoms with Gasteiger partial charge in [-0.2, -0.15) is 18.2 Å². The lowest BCUT2D eigenvalue weighted by molar-refractivity contribution is -0.385. The molecule has 0 saturated carbocycles. The Morgan fingerprint density at radius 2 is 1.56 bits per heavy atom. The zero-order chi connectivity index (χ0) is 33.8. The molecule has 0 N–H and O–H groups in total. The molecule has 250 valence electrons. The van der Waals surface area contributed by atoms with Gasteiger partial charge in [-0.25, -0.2) is 4.98 Å². The summed E-state index contributed by atoms with van der Waals surface area (Å²) < 4.78 is 47.3. The van der Waals surface area contributed by atoms with Crippen LogP contribution in [0.3, 0.4) is 0 Å². The molecule has 0 aliphatic carbocycles. The summed E-state index contributed by atoms with van der Waals surface area (Å²) in [4.78, 5) is 50.2. The van der Waals surface area contributed by atoms with Gasteiger partial charge in [0.25, 0.3) is 11.7 Å². The molecule has 2 fully saturated rings. The maximum Gasteiger partial charge on any atom is 0.437 e. The number of nitro groups is 1. The van der Waals surface area contributed by atoms with Gasteiger partial charge in [0.15, 0.2) is 5.69 Å². The number of piperazine rings is 1. The molecule has 0 atom stereocenters. The molecule has 2 aromatic heterocycles. The molecular weight excluding hydrogens is 629 g/mol. The number of anilines is 2. The maximum absolute atomic E-state index is 13.9. The van der Waals surface area contributed by atoms with Crippen LogP contribution in [0.25, 0.3) is 0 Å². The van der Waals surface area contributed by atoms with E-state index in [-0.39, 0.29) is 36.4 Å². The highest BCUT2D eigenvalue weighted by atomic mass is 19.4. The first-order valence-corrected chi connectivity index (χ1v) is 15.7. The van der Waals surface area contributed by atoms with Gasteiger partial charge in [0.2, 0.25) is 17.5 Å². The SMILES string of the molecule is O=C(Cc1ccc(N2CCN(C(=O)Cc3ccccc3[N+](=O)[O-])CC2)nc1)c1oc(N2CCC(c3ccccc3)CC2)nc1C(F)(F)F. The van der Waals surface area contributed by atoms with Crippen molar-refractivity contribution in [1.82, 2.24) is 14.9 Å². The number of aromatic nitrogens is 2. The lowest BCUT2D eigenvalue weighted by atomic mass is 9.90. The number of piperidine rings is 1. The number of rotatable bonds is 9. The van der Waals surface area contributed by atoms with E-state index < -0.39 is 28.3 Å². The average Bonchev–Trinajstić information content (AvgIpc) is 3.56. The average molecular weight is 663 g/mol. The third-order valence-corrected chi connectivity index (χ3v) is 8.83. The van der Waals surface area contributed by atoms with Crippen LogP contribution in [0.1, 0.15) is 51.7 Å². The van der Waals surface area contributed by atoms with E-state index in [0.29, 0.717) is 56.2 Å². The van der Waals surface area contributed by atoms with E-state index in [9.17, 15) is 32.9 Å². The van der Waals surface area contributed by atoms with Crippen molar-refractivity contribution < 1.29 is 32.1 Å². The summed E-state index contributed by atoms with van der Waals surface area (Å²) in [5.74, 6) is -0.993. The molecule has 0 radical (unpaired) electrons. The number of pyridine rings is 1. The number of carbonyl (C=O) groups is 2. The number of carbonyl (C=O) groups excluding carboxylic acids is 2. The molecule has 2 saturated heterocycles. The summed E-state index contributed by atoms with van der Waals surface area (Å²) in [6, 6.07) is 19.2. The summed E-state index contributed by atoms with van der Waals surface area (Å²) in [7, 11) is 0. The normalized spacial score (nSPS) is 15.9. The third-order valence-electron chi connectivity index (χ3n) is 8.83. The number of benzene rings is 2. The molecule has 4 aromatic rings. The van der Waals surface area contributed by atoms with Crippen LogP contribution in [0.5, 0.6) is 0 Å². The highest BCUT2D eigenvalue weighted by Crippen LogP contribution is 2.37. The summed E-state index contributed by atoms with van der Waals surface area (Å²) >= 11 is 0. The van der Waals surface area contributed by atoms with Crippen molar-refractivity contribution in [3.8, 4) is 0 Å². The van der Waals surface area contributed by atoms with E-state index in [1.807, 2.05) is 35.2 Å². The molecule has 0 unspecified atom stereocenters. The lowest BCUT2D eigenvalue weighted by Gasteiger charge is -2.35. The fourth-order valence-electron chi connectivity index (χ4n) is 6.23. The van der Waals surface area contributed by atoms with Crippen LogP contribution in [-0.2, 0) is 23.8 Å². The van der Waals surface area contributed by atoms with Gasteiger partial charge >= 0.3 is 6.18 Å². The van der Waals surface area contributed by atoms with Crippen molar-refractivity contribution in [2.24, 2.45) is 0 Å². The quantitative estimate of drug-likeness (QED) is 0.126. The summed E-state index contributed by atoms with van der Waals surface area (Å²) in [5, 5.41) is 11.3. The zero-order valence-electron chi connectivity index (χ0n) is 25.9. The van der Waals surface area contributed by atoms with Gasteiger partial charge in [0.1, 0.15) is 5.82 Å². The van der Waals surface area contributed by atoms with E-state index in [1.165, 1.54) is 17.8 Å². The van der Waals surface area contributed by atoms with Crippen LogP contribution in [0, 0.1) is 10.1 Å². The van der Waals surface area contributed by atoms with Crippen LogP contribution in [0.2, 0.25) is 0 Å². The van der Waals surface area contributed by atoms with Crippen LogP contribution < -0.4 is 9.80 Å². The molecule has 14 heteroatoms. The zero-order valence-corrected chi connectivity index (χ0v) is 25.9. The topological polar surface area (TPSA) is 126 Å². The van der Waals surface area contributed by atoms with Crippen LogP contribution in [-0.4, -0.2) is 70.8 Å². The second-order valence-electron chi connectivity index (χ2n) is 11.9. The Bertz CT molecular complexity index is 1760. The van der Waals surface area contributed by atoms with Crippen molar-refractivity contribution in [2.45, 2.75) is 37.8 Å². The number of oxazole rings is 1. The number of alkyl halides is 3. The van der Waals surface area contributed by atoms with Gasteiger partial charge in [-0.1, -0.05) is 54.6 Å². The highest BCUT2D eigenvalue weighted by Gasteiger charge is 2.42. The number of halogens is 3. The smallest absolute Gasteiger partial charge is 0.420 e. The van der Waals surface area contributed by atoms with Gasteiger partial charge in [0, 0.05) is 63.5 Å². The maximum atomic E-state index is 13.9. The van der Waals surface area contributed by atoms with Crippen LogP contribution in [0.4, 0.5) is 30.7 Å². The first kappa shape index (κ1) is 32.7. The van der Waals surface area contributed by atoms with E-state index in [0.717, 1.165) is 12.8 Å². The Morgan fingerprint density at radius 3 is 2.21 bits per heavy atom. The molecule has 1 amide bonds. The molecule has 2 aromatic carbocycles. The van der Waals surface area contributed by atoms with Crippen LogP contribution in [0.15, 0.2) is 77.3 Å². The van der Waals surface area contributed by atoms with Gasteiger partial charge < -0.3 is 19.1 Å². The van der Waals surface area contributed by atoms with Crippen molar-refractivity contribution in [3.63, 3.8) is 0 Å². The Kier molecular flexibility index (Phi) is 9.42. The number of nitrogens with zero attached hydrogens (tertiary/aromatic N) is 6. The Hall–Kier alpha value is -5.27. The van der Waals surface area contributed by atoms with Crippen molar-refractivity contribution >= 4 is 29.2 Å². The number of hydrogen-bond donors (Lipinski definition) is 0. The summed E-state index contributed by atoms with van der Waals surface area (Å²) in [5.41, 5.74) is 0.532. The fourth-order valence-corrected chi connectivity index (χ4v) is 6.23. The minimum absolute atomic E-state index is 0.0758. The second kappa shape index (κ2) is 13.8. The standard InChI is InChI=1S/C34H33F3N6O5/c35-34(36,37)32-31(48-33(39-32)42-14-12-25(13-15-42)24-6-2-1-3-7-24)28(44)20-23-10-11-29(38-22-23)40-16-18-41(19-17-40)30(45)21-26-8-4-5-9-27(26)43(46)47/h1-11,22,25H,12-21H2. The molecule has 2 aliphatic rings. The second-order valence-corrected chi connectivity index (χ2v) is 11.9. The van der Waals surface area contributed by atoms with Gasteiger partial charge in [-0.15, -0.1) is 0 Å². The summed E-state index contributed by atoms with van der Waals surface area (Å²) in [6.07, 6.45) is -2.41. The largest absolute Gasteiger partial charge is 0.437 e. The Balaban J connectivity index is 1.05. The predicted molar refractivity (Wildman–Crippen MR) is 170 cm³/mol. The van der Waals surface area contributed by atoms with Crippen molar-refractivity contribution in [1.29, 1.82) is 0 Å². The van der Waals surface area contributed by atoms with E-state index >= 15 is 0 Å². The number of para-hydroxylation sites is 1. The Morgan fingerprint density at radius 1 is 0.875 bits per heavy atom. The van der Waals surface area contributed by atoms with Crippen LogP contribution >= 0.6 is 0 Å². The van der Waals surface area contributed by atoms with E-state index in [1.54, 1.807) is 40.1 Å². The van der Waals surface area contributed by atoms with Gasteiger partial charge in [0.05, 0.1) is 11.3 Å². The monoisotopic (exact) mass is 662 g/mol. The first-order chi connectivity index (χ1) is 23.1. The molecule has 4 heterocycles. The predicted octanol–water partition coefficient (Wildman–Crippen LogP) is 5.70. The molecule has 11 nitrogen and oxygen atoms in total. The Labute approximate surface area is 274 Å². The summed E-state index contributed by atoms with van der Waals surface area (Å²) in [6.45, 7) is 2.61. The van der Waals surface area contributed by atoms with Crippen molar-refractivity contribution in [3.05, 3.63) is 111 Å². The highest BCUT2D eigenvalue weighted by molar-refractivity contribution is 5.96. The number of hydrogen-bond acceptors (Lipinski definition) is 9. The minimum Gasteiger partial charge on any atom is -0.420 e. The molecule has 2 aliphatic heterocycles. The molecule has 0 bridgehead atoms. The van der Waals surface area contributed by atoms with Gasteiger partial charge in [-0.05, 0) is 36.0 Å². The van der Waals surface area contributed by atoms with E-state index in [4.69, 9.17) is 4.42 Å². The fraction of sp³-hybridized carbons (Fsp3) is 0.353. The van der Waals surface area contributed by atoms with E-state index in [2.05, 4.69) is 9.97 Å². The molecular formula is C34H33F3N6O5. The molecule has 48 heavy (non-hydrogen) atoms. The molecule has 0 spiro atoms. The molecule has 6 rings (SSSR count). The van der Waals surface area contributed by atoms with Crippen molar-refractivity contribution in [2.75, 3.05) is 49.1 Å². The number of amides is 1. The lowest BCUT2D eigenvalue weighted by Crippen LogP contribution is -2.49.